The van der Waals surface area contributed by atoms with E-state index in [1.54, 1.807) is 24.3 Å². The van der Waals surface area contributed by atoms with Gasteiger partial charge in [0.25, 0.3) is 11.8 Å². The fraction of sp³-hybridized carbons (Fsp3) is 0.217. The van der Waals surface area contributed by atoms with E-state index in [0.29, 0.717) is 11.1 Å². The third-order valence-electron chi connectivity index (χ3n) is 5.84. The zero-order valence-corrected chi connectivity index (χ0v) is 18.0. The number of phenols is 1. The molecule has 1 aliphatic carbocycles. The van der Waals surface area contributed by atoms with Gasteiger partial charge in [-0.3, -0.25) is 9.59 Å². The second-order valence-electron chi connectivity index (χ2n) is 7.41. The minimum Gasteiger partial charge on any atom is -0.504 e. The van der Waals surface area contributed by atoms with Crippen molar-refractivity contribution >= 4 is 40.7 Å². The maximum Gasteiger partial charge on any atom is 0.258 e. The van der Waals surface area contributed by atoms with Gasteiger partial charge in [-0.15, -0.1) is 23.2 Å². The van der Waals surface area contributed by atoms with Gasteiger partial charge < -0.3 is 9.84 Å². The lowest BCUT2D eigenvalue weighted by molar-refractivity contribution is -0.122. The fourth-order valence-corrected chi connectivity index (χ4v) is 5.12. The Bertz CT molecular complexity index is 1130. The number of ether oxygens (including phenoxy) is 1. The Morgan fingerprint density at radius 2 is 1.87 bits per heavy atom. The third kappa shape index (κ3) is 2.89. The molecule has 1 fully saturated rings. The number of amides is 2. The molecule has 0 bridgehead atoms. The van der Waals surface area contributed by atoms with Gasteiger partial charge in [-0.1, -0.05) is 24.8 Å². The van der Waals surface area contributed by atoms with Gasteiger partial charge >= 0.3 is 0 Å². The highest BCUT2D eigenvalue weighted by atomic mass is 35.5. The second-order valence-corrected chi connectivity index (χ2v) is 8.65. The number of imide groups is 1. The highest BCUT2D eigenvalue weighted by molar-refractivity contribution is 6.58. The Balaban J connectivity index is 1.92. The number of fused-ring (bicyclic) bond motifs is 1. The van der Waals surface area contributed by atoms with Crippen LogP contribution in [-0.4, -0.2) is 33.8 Å². The number of methoxy groups -OCH3 is 1. The van der Waals surface area contributed by atoms with Gasteiger partial charge in [-0.2, -0.15) is 0 Å². The molecule has 0 saturated carbocycles. The summed E-state index contributed by atoms with van der Waals surface area (Å²) in [4.78, 5) is 24.3. The Hall–Kier alpha value is -2.83. The summed E-state index contributed by atoms with van der Waals surface area (Å²) >= 11 is 13.9. The van der Waals surface area contributed by atoms with Crippen molar-refractivity contribution in [1.82, 2.24) is 0 Å². The largest absolute Gasteiger partial charge is 0.504 e. The van der Waals surface area contributed by atoms with Crippen LogP contribution in [0.25, 0.3) is 0 Å². The Labute approximate surface area is 188 Å². The lowest BCUT2D eigenvalue weighted by Crippen LogP contribution is -2.54. The van der Waals surface area contributed by atoms with E-state index in [2.05, 4.69) is 6.58 Å². The second kappa shape index (κ2) is 7.39. The van der Waals surface area contributed by atoms with Crippen LogP contribution in [-0.2, 0) is 9.59 Å². The van der Waals surface area contributed by atoms with E-state index in [0.717, 1.165) is 17.0 Å². The van der Waals surface area contributed by atoms with E-state index < -0.39 is 33.3 Å². The van der Waals surface area contributed by atoms with Crippen molar-refractivity contribution in [3.8, 4) is 11.5 Å². The minimum atomic E-state index is -1.89. The summed E-state index contributed by atoms with van der Waals surface area (Å²) < 4.78 is 18.6. The lowest BCUT2D eigenvalue weighted by atomic mass is 9.68. The van der Waals surface area contributed by atoms with Crippen molar-refractivity contribution in [2.24, 2.45) is 0 Å². The Morgan fingerprint density at radius 3 is 2.48 bits per heavy atom. The SMILES string of the molecule is C=CC1=CC[C@@]2(Cl)C(=O)N(c3ccc(F)cc3)C(=O)[C@@]2(Cl)[C@H]1c1ccc(O)c(OC)c1. The molecule has 1 saturated heterocycles. The highest BCUT2D eigenvalue weighted by Gasteiger charge is 2.73. The van der Waals surface area contributed by atoms with Crippen LogP contribution >= 0.6 is 23.2 Å². The first-order valence-electron chi connectivity index (χ1n) is 9.40. The van der Waals surface area contributed by atoms with Crippen LogP contribution in [0, 0.1) is 5.82 Å². The molecule has 0 radical (unpaired) electrons. The minimum absolute atomic E-state index is 0.00734. The predicted molar refractivity (Wildman–Crippen MR) is 116 cm³/mol. The average molecular weight is 462 g/mol. The summed E-state index contributed by atoms with van der Waals surface area (Å²) in [7, 11) is 1.40. The maximum atomic E-state index is 13.7. The van der Waals surface area contributed by atoms with Crippen molar-refractivity contribution in [1.29, 1.82) is 0 Å². The molecule has 3 atom stereocenters. The lowest BCUT2D eigenvalue weighted by Gasteiger charge is -2.42. The first-order chi connectivity index (χ1) is 14.7. The normalized spacial score (nSPS) is 27.7. The molecule has 5 nitrogen and oxygen atoms in total. The zero-order valence-electron chi connectivity index (χ0n) is 16.4. The van der Waals surface area contributed by atoms with Crippen molar-refractivity contribution in [3.05, 3.63) is 78.1 Å². The number of aromatic hydroxyl groups is 1. The molecule has 0 unspecified atom stereocenters. The van der Waals surface area contributed by atoms with Crippen molar-refractivity contribution in [2.45, 2.75) is 22.1 Å². The van der Waals surface area contributed by atoms with E-state index in [1.807, 2.05) is 0 Å². The van der Waals surface area contributed by atoms with Crippen LogP contribution in [0.15, 0.2) is 66.8 Å². The summed E-state index contributed by atoms with van der Waals surface area (Å²) in [5.41, 5.74) is 1.30. The molecule has 160 valence electrons. The molecule has 1 heterocycles. The molecule has 8 heteroatoms. The van der Waals surface area contributed by atoms with Crippen LogP contribution in [0.4, 0.5) is 10.1 Å². The molecule has 31 heavy (non-hydrogen) atoms. The number of hydrogen-bond acceptors (Lipinski definition) is 4. The number of rotatable bonds is 4. The summed E-state index contributed by atoms with van der Waals surface area (Å²) in [6.45, 7) is 3.82. The maximum absolute atomic E-state index is 13.7. The van der Waals surface area contributed by atoms with Gasteiger partial charge in [0.05, 0.1) is 12.8 Å². The first-order valence-corrected chi connectivity index (χ1v) is 10.2. The quantitative estimate of drug-likeness (QED) is 0.530. The Morgan fingerprint density at radius 1 is 1.19 bits per heavy atom. The average Bonchev–Trinajstić information content (AvgIpc) is 2.92. The molecule has 1 N–H and O–H groups in total. The standard InChI is InChI=1S/C23H18Cl2FNO4/c1-3-13-10-11-22(24)20(29)27(16-7-5-15(26)6-8-16)21(30)23(22,25)19(13)14-4-9-17(28)18(12-14)31-2/h3-10,12,19,28H,1,11H2,2H3/t19-,22-,23+/m1/s1. The van der Waals surface area contributed by atoms with E-state index in [-0.39, 0.29) is 23.6 Å². The highest BCUT2D eigenvalue weighted by Crippen LogP contribution is 2.60. The van der Waals surface area contributed by atoms with Crippen LogP contribution < -0.4 is 9.64 Å². The van der Waals surface area contributed by atoms with Gasteiger partial charge in [0.2, 0.25) is 0 Å². The molecule has 2 aromatic rings. The van der Waals surface area contributed by atoms with Crippen molar-refractivity contribution in [3.63, 3.8) is 0 Å². The molecule has 0 aromatic heterocycles. The zero-order chi connectivity index (χ0) is 22.6. The third-order valence-corrected chi connectivity index (χ3v) is 7.25. The van der Waals surface area contributed by atoms with Crippen molar-refractivity contribution in [2.75, 3.05) is 12.0 Å². The predicted octanol–water partition coefficient (Wildman–Crippen LogP) is 4.67. The molecule has 4 rings (SSSR count). The van der Waals surface area contributed by atoms with E-state index in [4.69, 9.17) is 27.9 Å². The molecule has 2 amide bonds. The number of carbonyl (C=O) groups is 2. The van der Waals surface area contributed by atoms with Crippen LogP contribution in [0.3, 0.4) is 0 Å². The summed E-state index contributed by atoms with van der Waals surface area (Å²) in [6.07, 6.45) is 3.29. The van der Waals surface area contributed by atoms with E-state index >= 15 is 0 Å². The van der Waals surface area contributed by atoms with Crippen LogP contribution in [0.2, 0.25) is 0 Å². The van der Waals surface area contributed by atoms with Gasteiger partial charge in [0.15, 0.2) is 21.2 Å². The number of allylic oxidation sites excluding steroid dienone is 3. The number of benzene rings is 2. The van der Waals surface area contributed by atoms with Crippen molar-refractivity contribution < 1.29 is 23.8 Å². The number of alkyl halides is 2. The Kier molecular flexibility index (Phi) is 5.10. The molecule has 2 aliphatic rings. The molecular formula is C23H18Cl2FNO4. The van der Waals surface area contributed by atoms with E-state index in [9.17, 15) is 19.1 Å². The smallest absolute Gasteiger partial charge is 0.258 e. The van der Waals surface area contributed by atoms with Gasteiger partial charge in [-0.25, -0.2) is 9.29 Å². The number of hydrogen-bond donors (Lipinski definition) is 1. The van der Waals surface area contributed by atoms with Crippen LogP contribution in [0.5, 0.6) is 11.5 Å². The summed E-state index contributed by atoms with van der Waals surface area (Å²) in [6, 6.07) is 9.49. The molecule has 0 spiro atoms. The van der Waals surface area contributed by atoms with Crippen LogP contribution in [0.1, 0.15) is 17.9 Å². The molecule has 2 aromatic carbocycles. The number of nitrogens with zero attached hydrogens (tertiary/aromatic N) is 1. The first kappa shape index (κ1) is 21.4. The fourth-order valence-electron chi connectivity index (χ4n) is 4.27. The topological polar surface area (TPSA) is 66.8 Å². The number of anilines is 1. The summed E-state index contributed by atoms with van der Waals surface area (Å²) in [5, 5.41) is 9.99. The number of halogens is 3. The molecule has 1 aliphatic heterocycles. The van der Waals surface area contributed by atoms with Gasteiger partial charge in [0, 0.05) is 5.92 Å². The monoisotopic (exact) mass is 461 g/mol. The van der Waals surface area contributed by atoms with Gasteiger partial charge in [0.1, 0.15) is 5.82 Å². The summed E-state index contributed by atoms with van der Waals surface area (Å²) in [5.74, 6) is -2.67. The number of carbonyl (C=O) groups excluding carboxylic acids is 2. The number of phenolic OH excluding ortho intramolecular Hbond substituents is 1. The van der Waals surface area contributed by atoms with Gasteiger partial charge in [-0.05, 0) is 54.0 Å². The molecular weight excluding hydrogens is 444 g/mol. The van der Waals surface area contributed by atoms with E-state index in [1.165, 1.54) is 25.3 Å².